The third-order valence-electron chi connectivity index (χ3n) is 1.92. The lowest BCUT2D eigenvalue weighted by atomic mass is 10.2. The normalized spacial score (nSPS) is 10.0. The Bertz CT molecular complexity index is 352. The second-order valence-corrected chi connectivity index (χ2v) is 3.65. The molecule has 0 saturated carbocycles. The number of ether oxygens (including phenoxy) is 1. The number of hydrogen-bond donors (Lipinski definition) is 2. The molecule has 1 aromatic rings. The summed E-state index contributed by atoms with van der Waals surface area (Å²) in [6.45, 7) is 4.59. The first-order chi connectivity index (χ1) is 7.13. The van der Waals surface area contributed by atoms with Gasteiger partial charge in [0.05, 0.1) is 7.11 Å². The van der Waals surface area contributed by atoms with E-state index in [4.69, 9.17) is 16.3 Å². The first-order valence-electron chi connectivity index (χ1n) is 4.53. The van der Waals surface area contributed by atoms with Crippen molar-refractivity contribution in [3.8, 4) is 11.5 Å². The summed E-state index contributed by atoms with van der Waals surface area (Å²) in [5.74, 6) is 0.956. The molecule has 0 saturated heterocycles. The molecule has 0 aromatic heterocycles. The molecule has 82 valence electrons. The number of benzene rings is 1. The second-order valence-electron chi connectivity index (χ2n) is 3.12. The molecule has 0 atom stereocenters. The number of phenols is 1. The zero-order valence-electron chi connectivity index (χ0n) is 8.59. The summed E-state index contributed by atoms with van der Waals surface area (Å²) in [6.07, 6.45) is 0. The van der Waals surface area contributed by atoms with Crippen LogP contribution in [0.1, 0.15) is 5.56 Å². The van der Waals surface area contributed by atoms with E-state index in [1.54, 1.807) is 25.3 Å². The minimum absolute atomic E-state index is 0.239. The van der Waals surface area contributed by atoms with Crippen LogP contribution >= 0.6 is 11.6 Å². The van der Waals surface area contributed by atoms with Crippen molar-refractivity contribution in [1.29, 1.82) is 0 Å². The molecule has 15 heavy (non-hydrogen) atoms. The lowest BCUT2D eigenvalue weighted by Crippen LogP contribution is -2.14. The molecule has 1 rings (SSSR count). The fourth-order valence-electron chi connectivity index (χ4n) is 1.16. The van der Waals surface area contributed by atoms with Gasteiger partial charge in [0.25, 0.3) is 0 Å². The molecule has 0 spiro atoms. The highest BCUT2D eigenvalue weighted by atomic mass is 35.5. The van der Waals surface area contributed by atoms with Gasteiger partial charge in [-0.25, -0.2) is 0 Å². The van der Waals surface area contributed by atoms with Gasteiger partial charge in [-0.2, -0.15) is 0 Å². The van der Waals surface area contributed by atoms with Crippen molar-refractivity contribution in [1.82, 2.24) is 5.32 Å². The number of aromatic hydroxyl groups is 1. The maximum absolute atomic E-state index is 9.54. The SMILES string of the molecule is C=C(Cl)CNCc1cc(OC)ccc1O. The molecule has 0 amide bonds. The van der Waals surface area contributed by atoms with Crippen molar-refractivity contribution in [3.05, 3.63) is 35.4 Å². The van der Waals surface area contributed by atoms with Crippen LogP contribution in [0, 0.1) is 0 Å². The van der Waals surface area contributed by atoms with Gasteiger partial charge in [0.1, 0.15) is 11.5 Å². The van der Waals surface area contributed by atoms with Crippen LogP contribution in [0.3, 0.4) is 0 Å². The molecule has 2 N–H and O–H groups in total. The van der Waals surface area contributed by atoms with Crippen LogP contribution in [0.15, 0.2) is 29.8 Å². The maximum Gasteiger partial charge on any atom is 0.120 e. The van der Waals surface area contributed by atoms with Crippen molar-refractivity contribution in [2.24, 2.45) is 0 Å². The van der Waals surface area contributed by atoms with Gasteiger partial charge in [-0.1, -0.05) is 18.2 Å². The van der Waals surface area contributed by atoms with Crippen molar-refractivity contribution < 1.29 is 9.84 Å². The van der Waals surface area contributed by atoms with E-state index in [1.807, 2.05) is 0 Å². The molecule has 0 unspecified atom stereocenters. The molecule has 0 bridgehead atoms. The van der Waals surface area contributed by atoms with E-state index >= 15 is 0 Å². The molecule has 0 aliphatic carbocycles. The molecule has 0 aliphatic heterocycles. The van der Waals surface area contributed by atoms with E-state index in [0.717, 1.165) is 5.56 Å². The van der Waals surface area contributed by atoms with E-state index in [0.29, 0.717) is 23.9 Å². The maximum atomic E-state index is 9.54. The highest BCUT2D eigenvalue weighted by molar-refractivity contribution is 6.29. The van der Waals surface area contributed by atoms with Crippen LogP contribution in [0.2, 0.25) is 0 Å². The van der Waals surface area contributed by atoms with Crippen LogP contribution in [-0.2, 0) is 6.54 Å². The van der Waals surface area contributed by atoms with Crippen LogP contribution in [0.25, 0.3) is 0 Å². The van der Waals surface area contributed by atoms with E-state index in [-0.39, 0.29) is 5.75 Å². The summed E-state index contributed by atoms with van der Waals surface area (Å²) < 4.78 is 5.05. The van der Waals surface area contributed by atoms with Crippen LogP contribution in [0.5, 0.6) is 11.5 Å². The predicted octanol–water partition coefficient (Wildman–Crippen LogP) is 2.24. The molecule has 4 heteroatoms. The Balaban J connectivity index is 2.62. The second kappa shape index (κ2) is 5.63. The quantitative estimate of drug-likeness (QED) is 0.811. The third-order valence-corrected chi connectivity index (χ3v) is 2.05. The van der Waals surface area contributed by atoms with E-state index in [1.165, 1.54) is 0 Å². The summed E-state index contributed by atoms with van der Waals surface area (Å²) >= 11 is 5.60. The minimum Gasteiger partial charge on any atom is -0.508 e. The predicted molar refractivity (Wildman–Crippen MR) is 61.4 cm³/mol. The third kappa shape index (κ3) is 3.81. The Morgan fingerprint density at radius 2 is 2.33 bits per heavy atom. The zero-order chi connectivity index (χ0) is 11.3. The highest BCUT2D eigenvalue weighted by Crippen LogP contribution is 2.22. The number of phenolic OH excluding ortho intramolecular Hbond substituents is 1. The number of nitrogens with one attached hydrogen (secondary N) is 1. The van der Waals surface area contributed by atoms with Gasteiger partial charge in [-0.3, -0.25) is 0 Å². The van der Waals surface area contributed by atoms with Crippen molar-refractivity contribution in [3.63, 3.8) is 0 Å². The average Bonchev–Trinajstić information content (AvgIpc) is 2.20. The zero-order valence-corrected chi connectivity index (χ0v) is 9.34. The molecule has 1 aromatic carbocycles. The molecule has 0 aliphatic rings. The smallest absolute Gasteiger partial charge is 0.120 e. The Morgan fingerprint density at radius 3 is 2.93 bits per heavy atom. The Hall–Kier alpha value is -1.19. The number of hydrogen-bond acceptors (Lipinski definition) is 3. The van der Waals surface area contributed by atoms with Crippen molar-refractivity contribution in [2.45, 2.75) is 6.54 Å². The van der Waals surface area contributed by atoms with Crippen LogP contribution in [-0.4, -0.2) is 18.8 Å². The summed E-state index contributed by atoms with van der Waals surface area (Å²) in [4.78, 5) is 0. The van der Waals surface area contributed by atoms with Crippen LogP contribution in [0.4, 0.5) is 0 Å². The first-order valence-corrected chi connectivity index (χ1v) is 4.91. The number of halogens is 1. The molecule has 0 heterocycles. The largest absolute Gasteiger partial charge is 0.508 e. The molecular formula is C11H14ClNO2. The first kappa shape index (κ1) is 11.9. The fraction of sp³-hybridized carbons (Fsp3) is 0.273. The summed E-state index contributed by atoms with van der Waals surface area (Å²) in [5.41, 5.74) is 0.771. The van der Waals surface area contributed by atoms with E-state index in [9.17, 15) is 5.11 Å². The van der Waals surface area contributed by atoms with Gasteiger partial charge in [-0.05, 0) is 18.2 Å². The Kier molecular flexibility index (Phi) is 4.46. The van der Waals surface area contributed by atoms with Gasteiger partial charge in [-0.15, -0.1) is 0 Å². The van der Waals surface area contributed by atoms with Gasteiger partial charge in [0, 0.05) is 23.7 Å². The van der Waals surface area contributed by atoms with E-state index < -0.39 is 0 Å². The number of methoxy groups -OCH3 is 1. The van der Waals surface area contributed by atoms with Crippen molar-refractivity contribution >= 4 is 11.6 Å². The van der Waals surface area contributed by atoms with Gasteiger partial charge >= 0.3 is 0 Å². The standard InChI is InChI=1S/C11H14ClNO2/c1-8(12)6-13-7-9-5-10(15-2)3-4-11(9)14/h3-5,13-14H,1,6-7H2,2H3. The average molecular weight is 228 g/mol. The van der Waals surface area contributed by atoms with E-state index in [2.05, 4.69) is 11.9 Å². The number of rotatable bonds is 5. The summed E-state index contributed by atoms with van der Waals surface area (Å²) in [5, 5.41) is 13.1. The lowest BCUT2D eigenvalue weighted by Gasteiger charge is -2.08. The monoisotopic (exact) mass is 227 g/mol. The highest BCUT2D eigenvalue weighted by Gasteiger charge is 2.02. The molecule has 0 fully saturated rings. The van der Waals surface area contributed by atoms with Crippen molar-refractivity contribution in [2.75, 3.05) is 13.7 Å². The Morgan fingerprint density at radius 1 is 1.60 bits per heavy atom. The lowest BCUT2D eigenvalue weighted by molar-refractivity contribution is 0.410. The van der Waals surface area contributed by atoms with Gasteiger partial charge < -0.3 is 15.2 Å². The topological polar surface area (TPSA) is 41.5 Å². The minimum atomic E-state index is 0.239. The summed E-state index contributed by atoms with van der Waals surface area (Å²) in [7, 11) is 1.59. The van der Waals surface area contributed by atoms with Crippen LogP contribution < -0.4 is 10.1 Å². The molecular weight excluding hydrogens is 214 g/mol. The summed E-state index contributed by atoms with van der Waals surface area (Å²) in [6, 6.07) is 5.09. The fourth-order valence-corrected chi connectivity index (χ4v) is 1.26. The molecule has 3 nitrogen and oxygen atoms in total. The van der Waals surface area contributed by atoms with Gasteiger partial charge in [0.15, 0.2) is 0 Å². The molecule has 0 radical (unpaired) electrons. The Labute approximate surface area is 94.3 Å². The van der Waals surface area contributed by atoms with Gasteiger partial charge in [0.2, 0.25) is 0 Å².